The maximum atomic E-state index is 11.9. The number of aliphatic hydroxyl groups excluding tert-OH is 1. The molecule has 0 aliphatic heterocycles. The highest BCUT2D eigenvalue weighted by molar-refractivity contribution is 7.89. The molecular formula is C10H14N2O7S. The van der Waals surface area contributed by atoms with Crippen molar-refractivity contribution in [3.05, 3.63) is 28.3 Å². The molecule has 0 saturated carbocycles. The number of phenols is 1. The number of nitro benzene ring substituents is 1. The summed E-state index contributed by atoms with van der Waals surface area (Å²) in [5.74, 6) is -0.631. The Morgan fingerprint density at radius 2 is 2.15 bits per heavy atom. The number of nitrogens with one attached hydrogen (secondary N) is 1. The fraction of sp³-hybridized carbons (Fsp3) is 0.400. The summed E-state index contributed by atoms with van der Waals surface area (Å²) in [5.41, 5.74) is -0.717. The number of benzene rings is 1. The number of ether oxygens (including phenoxy) is 1. The molecule has 0 amide bonds. The van der Waals surface area contributed by atoms with Crippen LogP contribution >= 0.6 is 0 Å². The molecule has 1 atom stereocenters. The van der Waals surface area contributed by atoms with Gasteiger partial charge in [-0.3, -0.25) is 10.1 Å². The molecule has 0 saturated heterocycles. The summed E-state index contributed by atoms with van der Waals surface area (Å²) in [7, 11) is -2.68. The van der Waals surface area contributed by atoms with E-state index in [1.165, 1.54) is 7.11 Å². The van der Waals surface area contributed by atoms with Crippen LogP contribution in [0.1, 0.15) is 0 Å². The van der Waals surface area contributed by atoms with Crippen molar-refractivity contribution in [2.24, 2.45) is 0 Å². The normalized spacial score (nSPS) is 13.1. The predicted molar refractivity (Wildman–Crippen MR) is 67.8 cm³/mol. The highest BCUT2D eigenvalue weighted by Crippen LogP contribution is 2.28. The zero-order valence-electron chi connectivity index (χ0n) is 10.5. The van der Waals surface area contributed by atoms with E-state index in [-0.39, 0.29) is 18.0 Å². The van der Waals surface area contributed by atoms with Gasteiger partial charge in [-0.2, -0.15) is 0 Å². The minimum absolute atomic E-state index is 0.0573. The average Bonchev–Trinajstić information content (AvgIpc) is 2.37. The van der Waals surface area contributed by atoms with Crippen LogP contribution in [0.5, 0.6) is 5.75 Å². The van der Waals surface area contributed by atoms with Crippen LogP contribution in [0.15, 0.2) is 23.1 Å². The molecule has 0 heterocycles. The number of nitrogens with zero attached hydrogens (tertiary/aromatic N) is 1. The SMILES string of the molecule is COCC(O)CNS(=O)(=O)c1ccc(O)c([N+](=O)[O-])c1. The van der Waals surface area contributed by atoms with Crippen LogP contribution < -0.4 is 4.72 Å². The van der Waals surface area contributed by atoms with Crippen LogP contribution in [0.4, 0.5) is 5.69 Å². The van der Waals surface area contributed by atoms with Crippen LogP contribution in [0, 0.1) is 10.1 Å². The van der Waals surface area contributed by atoms with E-state index in [1.54, 1.807) is 0 Å². The first-order chi connectivity index (χ1) is 9.27. The van der Waals surface area contributed by atoms with E-state index in [4.69, 9.17) is 0 Å². The van der Waals surface area contributed by atoms with E-state index in [0.717, 1.165) is 18.2 Å². The van der Waals surface area contributed by atoms with E-state index in [0.29, 0.717) is 0 Å². The predicted octanol–water partition coefficient (Wildman–Crippen LogP) is -0.414. The van der Waals surface area contributed by atoms with Gasteiger partial charge in [0.25, 0.3) is 0 Å². The first kappa shape index (κ1) is 16.3. The molecule has 0 fully saturated rings. The van der Waals surface area contributed by atoms with E-state index in [2.05, 4.69) is 9.46 Å². The molecule has 20 heavy (non-hydrogen) atoms. The largest absolute Gasteiger partial charge is 0.502 e. The molecule has 0 aliphatic carbocycles. The summed E-state index contributed by atoms with van der Waals surface area (Å²) in [4.78, 5) is 9.35. The van der Waals surface area contributed by atoms with Crippen LogP contribution in [0.3, 0.4) is 0 Å². The van der Waals surface area contributed by atoms with E-state index in [1.807, 2.05) is 0 Å². The average molecular weight is 306 g/mol. The monoisotopic (exact) mass is 306 g/mol. The molecule has 0 aliphatic rings. The second-order valence-electron chi connectivity index (χ2n) is 3.87. The van der Waals surface area contributed by atoms with Crippen molar-refractivity contribution in [1.29, 1.82) is 0 Å². The molecule has 10 heteroatoms. The minimum atomic E-state index is -4.03. The Labute approximate surface area is 115 Å². The van der Waals surface area contributed by atoms with Gasteiger partial charge in [-0.05, 0) is 12.1 Å². The van der Waals surface area contributed by atoms with Crippen LogP contribution in [0.2, 0.25) is 0 Å². The zero-order valence-corrected chi connectivity index (χ0v) is 11.3. The van der Waals surface area contributed by atoms with Crippen LogP contribution in [0.25, 0.3) is 0 Å². The number of sulfonamides is 1. The highest BCUT2D eigenvalue weighted by atomic mass is 32.2. The minimum Gasteiger partial charge on any atom is -0.502 e. The Kier molecular flexibility index (Phi) is 5.39. The first-order valence-electron chi connectivity index (χ1n) is 5.42. The number of aromatic hydroxyl groups is 1. The van der Waals surface area contributed by atoms with Gasteiger partial charge in [-0.25, -0.2) is 13.1 Å². The van der Waals surface area contributed by atoms with Crippen molar-refractivity contribution in [2.45, 2.75) is 11.0 Å². The van der Waals surface area contributed by atoms with Crippen molar-refractivity contribution in [3.63, 3.8) is 0 Å². The zero-order chi connectivity index (χ0) is 15.3. The topological polar surface area (TPSA) is 139 Å². The number of phenolic OH excluding ortho intramolecular Hbond substituents is 1. The Morgan fingerprint density at radius 1 is 1.50 bits per heavy atom. The van der Waals surface area contributed by atoms with Crippen molar-refractivity contribution < 1.29 is 28.3 Å². The van der Waals surface area contributed by atoms with Crippen LogP contribution in [-0.4, -0.2) is 49.9 Å². The molecule has 1 rings (SSSR count). The van der Waals surface area contributed by atoms with Gasteiger partial charge in [-0.15, -0.1) is 0 Å². The fourth-order valence-electron chi connectivity index (χ4n) is 1.36. The molecular weight excluding hydrogens is 292 g/mol. The number of nitro groups is 1. The lowest BCUT2D eigenvalue weighted by Gasteiger charge is -2.11. The Hall–Kier alpha value is -1.75. The third kappa shape index (κ3) is 4.13. The molecule has 1 aromatic rings. The number of hydrogen-bond acceptors (Lipinski definition) is 7. The summed E-state index contributed by atoms with van der Waals surface area (Å²) in [5, 5.41) is 29.2. The number of hydrogen-bond donors (Lipinski definition) is 3. The molecule has 0 spiro atoms. The van der Waals surface area contributed by atoms with Gasteiger partial charge in [0, 0.05) is 19.7 Å². The Bertz CT molecular complexity index is 587. The van der Waals surface area contributed by atoms with Crippen molar-refractivity contribution >= 4 is 15.7 Å². The third-order valence-electron chi connectivity index (χ3n) is 2.32. The molecule has 0 bridgehead atoms. The molecule has 9 nitrogen and oxygen atoms in total. The summed E-state index contributed by atoms with van der Waals surface area (Å²) in [6.07, 6.45) is -1.04. The van der Waals surface area contributed by atoms with Crippen molar-refractivity contribution in [3.8, 4) is 5.75 Å². The van der Waals surface area contributed by atoms with Crippen molar-refractivity contribution in [2.75, 3.05) is 20.3 Å². The third-order valence-corrected chi connectivity index (χ3v) is 3.74. The lowest BCUT2D eigenvalue weighted by Crippen LogP contribution is -2.34. The molecule has 0 aromatic heterocycles. The number of methoxy groups -OCH3 is 1. The van der Waals surface area contributed by atoms with Gasteiger partial charge >= 0.3 is 5.69 Å². The van der Waals surface area contributed by atoms with Gasteiger partial charge in [0.05, 0.1) is 22.5 Å². The second-order valence-corrected chi connectivity index (χ2v) is 5.64. The lowest BCUT2D eigenvalue weighted by molar-refractivity contribution is -0.386. The standard InChI is InChI=1S/C10H14N2O7S/c1-19-6-7(13)5-11-20(17,18)8-2-3-10(14)9(4-8)12(15)16/h2-4,7,11,13-14H,5-6H2,1H3. The first-order valence-corrected chi connectivity index (χ1v) is 6.90. The van der Waals surface area contributed by atoms with E-state index >= 15 is 0 Å². The van der Waals surface area contributed by atoms with Crippen molar-refractivity contribution in [1.82, 2.24) is 4.72 Å². The highest BCUT2D eigenvalue weighted by Gasteiger charge is 2.21. The molecule has 112 valence electrons. The number of aliphatic hydroxyl groups is 1. The van der Waals surface area contributed by atoms with Gasteiger partial charge < -0.3 is 14.9 Å². The van der Waals surface area contributed by atoms with Gasteiger partial charge in [0.15, 0.2) is 5.75 Å². The Balaban J connectivity index is 2.93. The maximum Gasteiger partial charge on any atom is 0.312 e. The van der Waals surface area contributed by atoms with Gasteiger partial charge in [-0.1, -0.05) is 0 Å². The molecule has 1 unspecified atom stereocenters. The molecule has 1 aromatic carbocycles. The smallest absolute Gasteiger partial charge is 0.312 e. The summed E-state index contributed by atoms with van der Waals surface area (Å²) >= 11 is 0. The second kappa shape index (κ2) is 6.61. The Morgan fingerprint density at radius 3 is 2.70 bits per heavy atom. The maximum absolute atomic E-state index is 11.9. The van der Waals surface area contributed by atoms with Gasteiger partial charge in [0.2, 0.25) is 10.0 Å². The lowest BCUT2D eigenvalue weighted by atomic mass is 10.3. The quantitative estimate of drug-likeness (QED) is 0.459. The van der Waals surface area contributed by atoms with E-state index < -0.39 is 32.5 Å². The van der Waals surface area contributed by atoms with E-state index in [9.17, 15) is 28.7 Å². The summed E-state index contributed by atoms with van der Waals surface area (Å²) in [6, 6.07) is 2.67. The van der Waals surface area contributed by atoms with Gasteiger partial charge in [0.1, 0.15) is 0 Å². The molecule has 0 radical (unpaired) electrons. The fourth-order valence-corrected chi connectivity index (χ4v) is 2.45. The molecule has 3 N–H and O–H groups in total. The number of rotatable bonds is 7. The van der Waals surface area contributed by atoms with Crippen LogP contribution in [-0.2, 0) is 14.8 Å². The summed E-state index contributed by atoms with van der Waals surface area (Å²) < 4.78 is 30.4. The summed E-state index contributed by atoms with van der Waals surface area (Å²) in [6.45, 7) is -0.358.